The third kappa shape index (κ3) is 5.11. The molecule has 0 radical (unpaired) electrons. The van der Waals surface area contributed by atoms with Crippen LogP contribution in [0.4, 0.5) is 22.7 Å². The Hall–Kier alpha value is -5.75. The first-order chi connectivity index (χ1) is 32.8. The van der Waals surface area contributed by atoms with Crippen LogP contribution in [0.15, 0.2) is 115 Å². The summed E-state index contributed by atoms with van der Waals surface area (Å²) < 4.78 is 5.69. The molecule has 334 valence electrons. The maximum Gasteiger partial charge on any atom is 0.339 e. The Labute approximate surface area is 416 Å². The number of fused-ring (bicyclic) bond motifs is 18. The Morgan fingerprint density at radius 1 is 0.362 bits per heavy atom. The minimum absolute atomic E-state index is 0.00289. The van der Waals surface area contributed by atoms with E-state index in [0.29, 0.717) is 0 Å². The molecule has 0 spiro atoms. The molecular weight excluding hydrogens is 869 g/mol. The van der Waals surface area contributed by atoms with Gasteiger partial charge in [0.25, 0.3) is 6.71 Å². The Kier molecular flexibility index (Phi) is 7.60. The third-order valence-electron chi connectivity index (χ3n) is 17.0. The van der Waals surface area contributed by atoms with Gasteiger partial charge < -0.3 is 9.62 Å². The van der Waals surface area contributed by atoms with Crippen LogP contribution in [0, 0.1) is 0 Å². The molecule has 6 aliphatic heterocycles. The van der Waals surface area contributed by atoms with Crippen molar-refractivity contribution in [2.75, 3.05) is 9.62 Å². The van der Waals surface area contributed by atoms with E-state index in [1.165, 1.54) is 147 Å². The molecule has 0 bridgehead atoms. The number of nitrogens with zero attached hydrogens (tertiary/aromatic N) is 2. The van der Waals surface area contributed by atoms with E-state index in [-0.39, 0.29) is 42.1 Å². The van der Waals surface area contributed by atoms with E-state index in [1.54, 1.807) is 0 Å². The number of hydrogen-bond donors (Lipinski definition) is 0. The van der Waals surface area contributed by atoms with E-state index in [1.807, 2.05) is 22.7 Å². The summed E-state index contributed by atoms with van der Waals surface area (Å²) in [7, 11) is 0. The van der Waals surface area contributed by atoms with Gasteiger partial charge in [-0.05, 0) is 135 Å². The molecule has 6 aliphatic rings. The Bertz CT molecular complexity index is 3630. The second-order valence-electron chi connectivity index (χ2n) is 25.3. The molecule has 2 aromatic heterocycles. The van der Waals surface area contributed by atoms with Crippen LogP contribution in [-0.2, 0) is 21.7 Å². The van der Waals surface area contributed by atoms with Crippen molar-refractivity contribution in [1.82, 2.24) is 0 Å². The quantitative estimate of drug-likeness (QED) is 0.140. The van der Waals surface area contributed by atoms with Crippen molar-refractivity contribution in [3.63, 3.8) is 0 Å². The highest BCUT2D eigenvalue weighted by Gasteiger charge is 2.57. The average molecular weight is 925 g/mol. The second kappa shape index (κ2) is 12.8. The van der Waals surface area contributed by atoms with Gasteiger partial charge in [0.15, 0.2) is 0 Å². The second-order valence-corrected chi connectivity index (χ2v) is 27.4. The van der Waals surface area contributed by atoms with Crippen molar-refractivity contribution in [2.45, 2.75) is 105 Å². The summed E-state index contributed by atoms with van der Waals surface area (Å²) >= 11 is 4.05. The molecule has 7 aromatic carbocycles. The summed E-state index contributed by atoms with van der Waals surface area (Å²) in [4.78, 5) is 5.79. The van der Waals surface area contributed by atoms with E-state index >= 15 is 0 Å². The average Bonchev–Trinajstić information content (AvgIpc) is 3.89. The lowest BCUT2D eigenvalue weighted by atomic mass is 9.29. The van der Waals surface area contributed by atoms with Gasteiger partial charge in [0.05, 0.1) is 0 Å². The van der Waals surface area contributed by atoms with E-state index in [9.17, 15) is 0 Å². The highest BCUT2D eigenvalue weighted by molar-refractivity contribution is 7.33. The number of anilines is 4. The third-order valence-corrected chi connectivity index (χ3v) is 19.4. The zero-order chi connectivity index (χ0) is 47.3. The standard InChI is InChI=1S/C62H55B3N2S2/c1-59(2,3)32-21-23-36-40-31-41-37-24-22-33(60(4,5)6)28-45(37)65-58-51(39-18-14-16-20-49(39)69-58)43-26-35(62(10,11)12)30-47-54(43)67(65)56(41)52-55(40)66-53-42(25-34(61(7,8)9)29-46(53)63(47)52)50-38-17-13-15-19-48(38)68-57(50)64(66)44(36)27-32/h13-31H,1-12H3. The van der Waals surface area contributed by atoms with Crippen LogP contribution in [0.25, 0.3) is 64.7 Å². The van der Waals surface area contributed by atoms with Crippen LogP contribution in [0.5, 0.6) is 0 Å². The van der Waals surface area contributed by atoms with Gasteiger partial charge in [-0.1, -0.05) is 168 Å². The zero-order valence-electron chi connectivity index (χ0n) is 41.9. The van der Waals surface area contributed by atoms with E-state index in [0.717, 1.165) is 0 Å². The molecule has 7 heteroatoms. The van der Waals surface area contributed by atoms with Crippen LogP contribution in [-0.4, -0.2) is 20.4 Å². The number of thiophene rings is 2. The van der Waals surface area contributed by atoms with Crippen LogP contribution >= 0.6 is 22.7 Å². The monoisotopic (exact) mass is 924 g/mol. The fraction of sp³-hybridized carbons (Fsp3) is 0.258. The molecule has 2 nitrogen and oxygen atoms in total. The van der Waals surface area contributed by atoms with E-state index in [2.05, 4.69) is 208 Å². The van der Waals surface area contributed by atoms with Gasteiger partial charge in [0.1, 0.15) is 0 Å². The molecule has 8 heterocycles. The van der Waals surface area contributed by atoms with Gasteiger partial charge in [-0.2, -0.15) is 0 Å². The van der Waals surface area contributed by atoms with E-state index < -0.39 is 0 Å². The first-order valence-electron chi connectivity index (χ1n) is 25.3. The van der Waals surface area contributed by atoms with Gasteiger partial charge >= 0.3 is 13.7 Å². The van der Waals surface area contributed by atoms with Gasteiger partial charge in [0.2, 0.25) is 0 Å². The molecule has 0 amide bonds. The van der Waals surface area contributed by atoms with Gasteiger partial charge in [-0.3, -0.25) is 0 Å². The highest BCUT2D eigenvalue weighted by atomic mass is 32.1. The SMILES string of the molecule is CC(C)(C)c1ccc2c(c1)B1c3sc4ccccc4c3-c3cc(C(C)(C)C)cc4c3N1c1c-2cc2c3c1B4c1cc(C(C)(C)C)cc4c1N3B(c1cc(C(C)(C)C)ccc1-2)c1sc2ccccc2c1-4. The Balaban J connectivity index is 1.18. The lowest BCUT2D eigenvalue weighted by Crippen LogP contribution is -2.72. The summed E-state index contributed by atoms with van der Waals surface area (Å²) in [5.74, 6) is 0. The Morgan fingerprint density at radius 3 is 1.16 bits per heavy atom. The molecule has 0 fully saturated rings. The van der Waals surface area contributed by atoms with Gasteiger partial charge in [0, 0.05) is 64.0 Å². The van der Waals surface area contributed by atoms with Crippen molar-refractivity contribution >= 4 is 123 Å². The van der Waals surface area contributed by atoms with Crippen molar-refractivity contribution in [3.05, 3.63) is 138 Å². The summed E-state index contributed by atoms with van der Waals surface area (Å²) in [6, 6.07) is 46.9. The van der Waals surface area contributed by atoms with Crippen molar-refractivity contribution in [1.29, 1.82) is 0 Å². The van der Waals surface area contributed by atoms with Gasteiger partial charge in [-0.25, -0.2) is 0 Å². The van der Waals surface area contributed by atoms with Crippen LogP contribution in [0.3, 0.4) is 0 Å². The molecule has 69 heavy (non-hydrogen) atoms. The highest BCUT2D eigenvalue weighted by Crippen LogP contribution is 2.58. The van der Waals surface area contributed by atoms with Crippen molar-refractivity contribution in [3.8, 4) is 44.5 Å². The fourth-order valence-corrected chi connectivity index (χ4v) is 16.2. The molecule has 0 saturated heterocycles. The first kappa shape index (κ1) is 41.1. The molecule has 0 atom stereocenters. The van der Waals surface area contributed by atoms with Crippen LogP contribution in [0.2, 0.25) is 0 Å². The van der Waals surface area contributed by atoms with Crippen LogP contribution < -0.4 is 46.5 Å². The topological polar surface area (TPSA) is 6.48 Å². The minimum atomic E-state index is -0.0707. The number of rotatable bonds is 0. The first-order valence-corrected chi connectivity index (χ1v) is 26.9. The predicted molar refractivity (Wildman–Crippen MR) is 306 cm³/mol. The zero-order valence-corrected chi connectivity index (χ0v) is 43.5. The lowest BCUT2D eigenvalue weighted by molar-refractivity contribution is 0.590. The van der Waals surface area contributed by atoms with Gasteiger partial charge in [-0.15, -0.1) is 22.7 Å². The maximum atomic E-state index is 2.90. The summed E-state index contributed by atoms with van der Waals surface area (Å²) in [5, 5.41) is 2.77. The molecular formula is C62H55B3N2S2. The normalized spacial score (nSPS) is 15.4. The van der Waals surface area contributed by atoms with Crippen molar-refractivity contribution in [2.24, 2.45) is 0 Å². The smallest absolute Gasteiger partial charge is 0.339 e. The van der Waals surface area contributed by atoms with E-state index in [4.69, 9.17) is 0 Å². The molecule has 0 saturated carbocycles. The molecule has 0 aliphatic carbocycles. The maximum absolute atomic E-state index is 2.90. The summed E-state index contributed by atoms with van der Waals surface area (Å²) in [6.45, 7) is 28.9. The molecule has 0 unspecified atom stereocenters. The fourth-order valence-electron chi connectivity index (χ4n) is 13.5. The Morgan fingerprint density at radius 2 is 0.754 bits per heavy atom. The van der Waals surface area contributed by atoms with Crippen molar-refractivity contribution < 1.29 is 0 Å². The molecule has 9 aromatic rings. The molecule has 0 N–H and O–H groups in total. The number of hydrogen-bond acceptors (Lipinski definition) is 4. The lowest BCUT2D eigenvalue weighted by Gasteiger charge is -2.55. The summed E-state index contributed by atoms with van der Waals surface area (Å²) in [6.07, 6.45) is 0. The summed E-state index contributed by atoms with van der Waals surface area (Å²) in [5.41, 5.74) is 29.6. The minimum Gasteiger partial charge on any atom is -0.376 e. The largest absolute Gasteiger partial charge is 0.376 e. The molecule has 15 rings (SSSR count). The number of benzene rings is 7. The van der Waals surface area contributed by atoms with Crippen LogP contribution in [0.1, 0.15) is 105 Å². The predicted octanol–water partition coefficient (Wildman–Crippen LogP) is 12.3.